The van der Waals surface area contributed by atoms with Crippen LogP contribution < -0.4 is 0 Å². The summed E-state index contributed by atoms with van der Waals surface area (Å²) in [6, 6.07) is 0. The van der Waals surface area contributed by atoms with Crippen molar-refractivity contribution in [2.24, 2.45) is 23.2 Å². The van der Waals surface area contributed by atoms with Crippen LogP contribution in [0.4, 0.5) is 0 Å². The SMILES string of the molecule is CCCC(C(C)C(C)C)C1(C)CC1. The Balaban J connectivity index is 2.56. The van der Waals surface area contributed by atoms with E-state index < -0.39 is 0 Å². The molecular formula is C13H26. The molecule has 0 bridgehead atoms. The Labute approximate surface area is 84.1 Å². The van der Waals surface area contributed by atoms with E-state index in [9.17, 15) is 0 Å². The average molecular weight is 182 g/mol. The number of hydrogen-bond acceptors (Lipinski definition) is 0. The molecule has 0 aromatic rings. The van der Waals surface area contributed by atoms with Crippen molar-refractivity contribution in [2.75, 3.05) is 0 Å². The third kappa shape index (κ3) is 2.48. The molecule has 1 saturated carbocycles. The van der Waals surface area contributed by atoms with Crippen molar-refractivity contribution in [3.63, 3.8) is 0 Å². The molecule has 1 aliphatic carbocycles. The zero-order valence-electron chi connectivity index (χ0n) is 10.1. The third-order valence-electron chi connectivity index (χ3n) is 4.22. The van der Waals surface area contributed by atoms with Crippen molar-refractivity contribution in [3.8, 4) is 0 Å². The highest BCUT2D eigenvalue weighted by atomic mass is 14.5. The molecule has 0 radical (unpaired) electrons. The van der Waals surface area contributed by atoms with Gasteiger partial charge >= 0.3 is 0 Å². The Bertz CT molecular complexity index is 153. The lowest BCUT2D eigenvalue weighted by Gasteiger charge is -2.32. The van der Waals surface area contributed by atoms with Crippen LogP contribution in [0.3, 0.4) is 0 Å². The molecule has 0 amide bonds. The zero-order chi connectivity index (χ0) is 10.1. The summed E-state index contributed by atoms with van der Waals surface area (Å²) < 4.78 is 0. The first-order valence-corrected chi connectivity index (χ1v) is 6.01. The summed E-state index contributed by atoms with van der Waals surface area (Å²) in [6.45, 7) is 12.0. The molecule has 0 heteroatoms. The second-order valence-electron chi connectivity index (χ2n) is 5.65. The van der Waals surface area contributed by atoms with Gasteiger partial charge < -0.3 is 0 Å². The van der Waals surface area contributed by atoms with Gasteiger partial charge in [0.05, 0.1) is 0 Å². The van der Waals surface area contributed by atoms with E-state index in [1.807, 2.05) is 0 Å². The molecule has 2 unspecified atom stereocenters. The number of rotatable bonds is 5. The molecule has 0 aliphatic heterocycles. The van der Waals surface area contributed by atoms with E-state index in [1.165, 1.54) is 25.7 Å². The lowest BCUT2D eigenvalue weighted by Crippen LogP contribution is -2.24. The highest BCUT2D eigenvalue weighted by Crippen LogP contribution is 2.56. The van der Waals surface area contributed by atoms with Crippen LogP contribution in [0.15, 0.2) is 0 Å². The summed E-state index contributed by atoms with van der Waals surface area (Å²) >= 11 is 0. The van der Waals surface area contributed by atoms with Crippen LogP contribution in [0.2, 0.25) is 0 Å². The maximum Gasteiger partial charge on any atom is -0.0294 e. The second-order valence-corrected chi connectivity index (χ2v) is 5.65. The van der Waals surface area contributed by atoms with Crippen molar-refractivity contribution >= 4 is 0 Å². The standard InChI is InChI=1S/C13H26/c1-6-7-12(11(4)10(2)3)13(5)8-9-13/h10-12H,6-9H2,1-5H3. The van der Waals surface area contributed by atoms with Gasteiger partial charge in [0, 0.05) is 0 Å². The predicted octanol–water partition coefficient (Wildman–Crippen LogP) is 4.49. The fourth-order valence-corrected chi connectivity index (χ4v) is 2.59. The molecule has 1 fully saturated rings. The van der Waals surface area contributed by atoms with Gasteiger partial charge in [0.2, 0.25) is 0 Å². The van der Waals surface area contributed by atoms with E-state index in [-0.39, 0.29) is 0 Å². The molecule has 0 nitrogen and oxygen atoms in total. The smallest absolute Gasteiger partial charge is 0.0294 e. The maximum atomic E-state index is 2.49. The van der Waals surface area contributed by atoms with Crippen LogP contribution in [0.5, 0.6) is 0 Å². The highest BCUT2D eigenvalue weighted by molar-refractivity contribution is 4.96. The van der Waals surface area contributed by atoms with Gasteiger partial charge in [-0.2, -0.15) is 0 Å². The van der Waals surface area contributed by atoms with Gasteiger partial charge in [0.25, 0.3) is 0 Å². The summed E-state index contributed by atoms with van der Waals surface area (Å²) in [5, 5.41) is 0. The summed E-state index contributed by atoms with van der Waals surface area (Å²) in [6.07, 6.45) is 5.76. The van der Waals surface area contributed by atoms with Crippen molar-refractivity contribution < 1.29 is 0 Å². The van der Waals surface area contributed by atoms with Gasteiger partial charge in [0.1, 0.15) is 0 Å². The molecule has 0 N–H and O–H groups in total. The van der Waals surface area contributed by atoms with Crippen LogP contribution in [0, 0.1) is 23.2 Å². The van der Waals surface area contributed by atoms with Crippen LogP contribution in [-0.4, -0.2) is 0 Å². The Hall–Kier alpha value is 0. The van der Waals surface area contributed by atoms with E-state index in [4.69, 9.17) is 0 Å². The minimum atomic E-state index is 0.722. The first-order chi connectivity index (χ1) is 6.01. The Kier molecular flexibility index (Phi) is 3.43. The lowest BCUT2D eigenvalue weighted by atomic mass is 9.73. The molecule has 0 heterocycles. The van der Waals surface area contributed by atoms with Crippen molar-refractivity contribution in [3.05, 3.63) is 0 Å². The van der Waals surface area contributed by atoms with Gasteiger partial charge in [0.15, 0.2) is 0 Å². The van der Waals surface area contributed by atoms with Gasteiger partial charge in [-0.1, -0.05) is 41.0 Å². The Morgan fingerprint density at radius 2 is 1.69 bits per heavy atom. The van der Waals surface area contributed by atoms with Crippen molar-refractivity contribution in [1.82, 2.24) is 0 Å². The van der Waals surface area contributed by atoms with Crippen molar-refractivity contribution in [2.45, 2.75) is 60.3 Å². The third-order valence-corrected chi connectivity index (χ3v) is 4.22. The zero-order valence-corrected chi connectivity index (χ0v) is 10.1. The van der Waals surface area contributed by atoms with Gasteiger partial charge in [-0.3, -0.25) is 0 Å². The van der Waals surface area contributed by atoms with Gasteiger partial charge in [-0.15, -0.1) is 0 Å². The van der Waals surface area contributed by atoms with E-state index in [0.29, 0.717) is 0 Å². The van der Waals surface area contributed by atoms with Crippen LogP contribution in [0.25, 0.3) is 0 Å². The van der Waals surface area contributed by atoms with Crippen LogP contribution in [-0.2, 0) is 0 Å². The fourth-order valence-electron chi connectivity index (χ4n) is 2.59. The summed E-state index contributed by atoms with van der Waals surface area (Å²) in [7, 11) is 0. The maximum absolute atomic E-state index is 2.49. The predicted molar refractivity (Wildman–Crippen MR) is 59.7 cm³/mol. The van der Waals surface area contributed by atoms with Gasteiger partial charge in [-0.05, 0) is 42.4 Å². The number of hydrogen-bond donors (Lipinski definition) is 0. The molecule has 0 aromatic heterocycles. The second kappa shape index (κ2) is 4.02. The Morgan fingerprint density at radius 3 is 2.00 bits per heavy atom. The summed E-state index contributed by atoms with van der Waals surface area (Å²) in [4.78, 5) is 0. The molecular weight excluding hydrogens is 156 g/mol. The monoisotopic (exact) mass is 182 g/mol. The average Bonchev–Trinajstić information content (AvgIpc) is 2.79. The first-order valence-electron chi connectivity index (χ1n) is 6.01. The fraction of sp³-hybridized carbons (Fsp3) is 1.00. The molecule has 0 saturated heterocycles. The lowest BCUT2D eigenvalue weighted by molar-refractivity contribution is 0.174. The molecule has 1 rings (SSSR count). The normalized spacial score (nSPS) is 24.5. The molecule has 13 heavy (non-hydrogen) atoms. The van der Waals surface area contributed by atoms with Crippen LogP contribution >= 0.6 is 0 Å². The summed E-state index contributed by atoms with van der Waals surface area (Å²) in [5.41, 5.74) is 0.722. The quantitative estimate of drug-likeness (QED) is 0.587. The summed E-state index contributed by atoms with van der Waals surface area (Å²) in [5.74, 6) is 2.75. The molecule has 78 valence electrons. The van der Waals surface area contributed by atoms with E-state index in [1.54, 1.807) is 0 Å². The minimum Gasteiger partial charge on any atom is -0.0654 e. The minimum absolute atomic E-state index is 0.722. The topological polar surface area (TPSA) is 0 Å². The van der Waals surface area contributed by atoms with E-state index >= 15 is 0 Å². The van der Waals surface area contributed by atoms with Crippen LogP contribution in [0.1, 0.15) is 60.3 Å². The highest BCUT2D eigenvalue weighted by Gasteiger charge is 2.46. The van der Waals surface area contributed by atoms with Gasteiger partial charge in [-0.25, -0.2) is 0 Å². The first kappa shape index (κ1) is 11.1. The van der Waals surface area contributed by atoms with E-state index in [0.717, 1.165) is 23.2 Å². The molecule has 0 spiro atoms. The molecule has 0 aromatic carbocycles. The molecule has 2 atom stereocenters. The van der Waals surface area contributed by atoms with E-state index in [2.05, 4.69) is 34.6 Å². The Morgan fingerprint density at radius 1 is 1.15 bits per heavy atom. The molecule has 1 aliphatic rings. The van der Waals surface area contributed by atoms with Crippen molar-refractivity contribution in [1.29, 1.82) is 0 Å². The largest absolute Gasteiger partial charge is 0.0654 e.